The average Bonchev–Trinajstić information content (AvgIpc) is 2.48. The molecule has 1 saturated heterocycles. The Morgan fingerprint density at radius 3 is 2.81 bits per heavy atom. The second kappa shape index (κ2) is 6.86. The van der Waals surface area contributed by atoms with E-state index in [1.54, 1.807) is 24.3 Å². The summed E-state index contributed by atoms with van der Waals surface area (Å²) in [7, 11) is 0. The highest BCUT2D eigenvalue weighted by molar-refractivity contribution is 5.93. The first-order valence-electron chi connectivity index (χ1n) is 6.96. The van der Waals surface area contributed by atoms with Crippen molar-refractivity contribution in [2.75, 3.05) is 25.0 Å². The molecule has 1 fully saturated rings. The number of nitriles is 1. The van der Waals surface area contributed by atoms with Crippen LogP contribution in [0.15, 0.2) is 24.3 Å². The third kappa shape index (κ3) is 3.80. The molecule has 1 unspecified atom stereocenters. The van der Waals surface area contributed by atoms with Crippen molar-refractivity contribution < 1.29 is 9.59 Å². The van der Waals surface area contributed by atoms with Gasteiger partial charge >= 0.3 is 0 Å². The first kappa shape index (κ1) is 15.0. The van der Waals surface area contributed by atoms with Crippen molar-refractivity contribution in [1.82, 2.24) is 10.2 Å². The molecule has 0 saturated carbocycles. The van der Waals surface area contributed by atoms with Crippen molar-refractivity contribution in [3.63, 3.8) is 0 Å². The summed E-state index contributed by atoms with van der Waals surface area (Å²) < 4.78 is 0. The lowest BCUT2D eigenvalue weighted by Crippen LogP contribution is -2.56. The summed E-state index contributed by atoms with van der Waals surface area (Å²) in [5.41, 5.74) is 1.19. The molecule has 2 rings (SSSR count). The van der Waals surface area contributed by atoms with Crippen LogP contribution < -0.4 is 10.6 Å². The summed E-state index contributed by atoms with van der Waals surface area (Å²) >= 11 is 0. The van der Waals surface area contributed by atoms with Crippen LogP contribution in [0.5, 0.6) is 0 Å². The average molecular weight is 286 g/mol. The number of anilines is 1. The Kier molecular flexibility index (Phi) is 4.90. The van der Waals surface area contributed by atoms with Crippen LogP contribution >= 0.6 is 0 Å². The fourth-order valence-corrected chi connectivity index (χ4v) is 2.41. The third-order valence-corrected chi connectivity index (χ3v) is 3.47. The number of hydrogen-bond acceptors (Lipinski definition) is 4. The second-order valence-electron chi connectivity index (χ2n) is 4.92. The number of nitrogens with zero attached hydrogens (tertiary/aromatic N) is 2. The molecule has 1 aliphatic heterocycles. The molecular weight excluding hydrogens is 268 g/mol. The van der Waals surface area contributed by atoms with E-state index in [0.717, 1.165) is 0 Å². The fourth-order valence-electron chi connectivity index (χ4n) is 2.41. The van der Waals surface area contributed by atoms with Crippen LogP contribution in [-0.2, 0) is 9.59 Å². The Balaban J connectivity index is 1.94. The molecule has 110 valence electrons. The van der Waals surface area contributed by atoms with E-state index in [1.165, 1.54) is 0 Å². The Labute approximate surface area is 123 Å². The van der Waals surface area contributed by atoms with Crippen molar-refractivity contribution in [3.05, 3.63) is 29.8 Å². The molecule has 0 aromatic heterocycles. The van der Waals surface area contributed by atoms with Gasteiger partial charge in [-0.1, -0.05) is 6.92 Å². The zero-order chi connectivity index (χ0) is 15.2. The van der Waals surface area contributed by atoms with Gasteiger partial charge in [0, 0.05) is 18.8 Å². The smallest absolute Gasteiger partial charge is 0.238 e. The highest BCUT2D eigenvalue weighted by atomic mass is 16.2. The minimum Gasteiger partial charge on any atom is -0.353 e. The van der Waals surface area contributed by atoms with E-state index in [0.29, 0.717) is 30.8 Å². The number of piperazine rings is 1. The highest BCUT2D eigenvalue weighted by Crippen LogP contribution is 2.11. The van der Waals surface area contributed by atoms with Gasteiger partial charge in [-0.2, -0.15) is 5.26 Å². The Hall–Kier alpha value is -2.39. The van der Waals surface area contributed by atoms with Crippen LogP contribution in [0.1, 0.15) is 18.9 Å². The van der Waals surface area contributed by atoms with Crippen molar-refractivity contribution >= 4 is 17.5 Å². The zero-order valence-corrected chi connectivity index (χ0v) is 11.9. The van der Waals surface area contributed by atoms with Crippen molar-refractivity contribution in [2.24, 2.45) is 0 Å². The SMILES string of the molecule is CCC1C(=O)NCCN1CC(=O)Nc1ccc(C#N)cc1. The minimum absolute atomic E-state index is 0.0186. The van der Waals surface area contributed by atoms with Crippen LogP contribution in [0.4, 0.5) is 5.69 Å². The van der Waals surface area contributed by atoms with Gasteiger partial charge in [-0.15, -0.1) is 0 Å². The summed E-state index contributed by atoms with van der Waals surface area (Å²) in [5, 5.41) is 14.3. The molecule has 2 N–H and O–H groups in total. The van der Waals surface area contributed by atoms with Crippen LogP contribution in [0.2, 0.25) is 0 Å². The van der Waals surface area contributed by atoms with Gasteiger partial charge in [0.05, 0.1) is 24.2 Å². The molecule has 2 amide bonds. The van der Waals surface area contributed by atoms with Gasteiger partial charge in [-0.3, -0.25) is 14.5 Å². The number of carbonyl (C=O) groups excluding carboxylic acids is 2. The summed E-state index contributed by atoms with van der Waals surface area (Å²) in [5.74, 6) is -0.178. The lowest BCUT2D eigenvalue weighted by Gasteiger charge is -2.33. The topological polar surface area (TPSA) is 85.2 Å². The normalized spacial score (nSPS) is 18.7. The fraction of sp³-hybridized carbons (Fsp3) is 0.400. The molecule has 0 radical (unpaired) electrons. The maximum Gasteiger partial charge on any atom is 0.238 e. The van der Waals surface area contributed by atoms with Crippen molar-refractivity contribution in [3.8, 4) is 6.07 Å². The Morgan fingerprint density at radius 2 is 2.19 bits per heavy atom. The first-order valence-corrected chi connectivity index (χ1v) is 6.96. The molecule has 1 aliphatic rings. The number of amides is 2. The number of hydrogen-bond donors (Lipinski definition) is 2. The molecule has 1 atom stereocenters. The number of carbonyl (C=O) groups is 2. The molecule has 0 spiro atoms. The molecule has 6 heteroatoms. The summed E-state index contributed by atoms with van der Waals surface area (Å²) in [4.78, 5) is 25.7. The van der Waals surface area contributed by atoms with Crippen LogP contribution in [0.25, 0.3) is 0 Å². The summed E-state index contributed by atoms with van der Waals surface area (Å²) in [6, 6.07) is 8.47. The molecule has 21 heavy (non-hydrogen) atoms. The first-order chi connectivity index (χ1) is 10.1. The quantitative estimate of drug-likeness (QED) is 0.853. The molecule has 1 aromatic carbocycles. The number of rotatable bonds is 4. The van der Waals surface area contributed by atoms with E-state index in [4.69, 9.17) is 5.26 Å². The van der Waals surface area contributed by atoms with Gasteiger partial charge in [0.1, 0.15) is 0 Å². The molecular formula is C15H18N4O2. The summed E-state index contributed by atoms with van der Waals surface area (Å²) in [6.45, 7) is 3.36. The summed E-state index contributed by atoms with van der Waals surface area (Å²) in [6.07, 6.45) is 0.677. The van der Waals surface area contributed by atoms with Crippen molar-refractivity contribution in [2.45, 2.75) is 19.4 Å². The molecule has 0 aliphatic carbocycles. The van der Waals surface area contributed by atoms with Crippen LogP contribution in [0, 0.1) is 11.3 Å². The second-order valence-corrected chi connectivity index (χ2v) is 4.92. The van der Waals surface area contributed by atoms with E-state index in [1.807, 2.05) is 17.9 Å². The predicted octanol–water partition coefficient (Wildman–Crippen LogP) is 0.707. The van der Waals surface area contributed by atoms with E-state index < -0.39 is 0 Å². The third-order valence-electron chi connectivity index (χ3n) is 3.47. The lowest BCUT2D eigenvalue weighted by molar-refractivity contribution is -0.130. The number of nitrogens with one attached hydrogen (secondary N) is 2. The maximum absolute atomic E-state index is 12.1. The van der Waals surface area contributed by atoms with Gasteiger partial charge in [0.2, 0.25) is 11.8 Å². The monoisotopic (exact) mass is 286 g/mol. The molecule has 1 heterocycles. The van der Waals surface area contributed by atoms with Gasteiger partial charge in [-0.05, 0) is 30.7 Å². The standard InChI is InChI=1S/C15H18N4O2/c1-2-13-15(21)17-7-8-19(13)10-14(20)18-12-5-3-11(9-16)4-6-12/h3-6,13H,2,7-8,10H2,1H3,(H,17,21)(H,18,20). The Bertz CT molecular complexity index is 562. The van der Waals surface area contributed by atoms with E-state index >= 15 is 0 Å². The van der Waals surface area contributed by atoms with Gasteiger partial charge in [0.15, 0.2) is 0 Å². The predicted molar refractivity (Wildman–Crippen MR) is 78.4 cm³/mol. The van der Waals surface area contributed by atoms with Gasteiger partial charge in [0.25, 0.3) is 0 Å². The van der Waals surface area contributed by atoms with E-state index in [-0.39, 0.29) is 24.4 Å². The van der Waals surface area contributed by atoms with E-state index in [2.05, 4.69) is 10.6 Å². The van der Waals surface area contributed by atoms with E-state index in [9.17, 15) is 9.59 Å². The van der Waals surface area contributed by atoms with Gasteiger partial charge in [-0.25, -0.2) is 0 Å². The molecule has 6 nitrogen and oxygen atoms in total. The minimum atomic E-state index is -0.245. The zero-order valence-electron chi connectivity index (χ0n) is 11.9. The number of benzene rings is 1. The van der Waals surface area contributed by atoms with Crippen LogP contribution in [-0.4, -0.2) is 42.4 Å². The van der Waals surface area contributed by atoms with Crippen molar-refractivity contribution in [1.29, 1.82) is 5.26 Å². The van der Waals surface area contributed by atoms with Crippen LogP contribution in [0.3, 0.4) is 0 Å². The molecule has 1 aromatic rings. The maximum atomic E-state index is 12.1. The van der Waals surface area contributed by atoms with Gasteiger partial charge < -0.3 is 10.6 Å². The largest absolute Gasteiger partial charge is 0.353 e. The Morgan fingerprint density at radius 1 is 1.48 bits per heavy atom. The molecule has 0 bridgehead atoms. The lowest BCUT2D eigenvalue weighted by atomic mass is 10.1. The highest BCUT2D eigenvalue weighted by Gasteiger charge is 2.29.